The molecule has 648 valence electrons. The second kappa shape index (κ2) is 50.8. The molecule has 14 aromatic rings. The zero-order valence-corrected chi connectivity index (χ0v) is 83.5. The molecule has 0 atom stereocenters. The molecule has 0 amide bonds. The van der Waals surface area contributed by atoms with Crippen molar-refractivity contribution in [2.75, 3.05) is 114 Å². The highest BCUT2D eigenvalue weighted by atomic mass is 79.9. The van der Waals surface area contributed by atoms with Gasteiger partial charge < -0.3 is 131 Å². The van der Waals surface area contributed by atoms with Gasteiger partial charge in [-0.2, -0.15) is 0 Å². The lowest BCUT2D eigenvalue weighted by Crippen LogP contribution is -3.00. The number of halogens is 6. The van der Waals surface area contributed by atoms with E-state index in [-0.39, 0.29) is 102 Å². The Kier molecular flexibility index (Phi) is 41.1. The first-order valence-electron chi connectivity index (χ1n) is 41.1. The Balaban J connectivity index is 0.000000330. The van der Waals surface area contributed by atoms with E-state index in [1.807, 2.05) is 0 Å². The van der Waals surface area contributed by atoms with Crippen molar-refractivity contribution in [2.45, 2.75) is 39.3 Å². The molecule has 8 aromatic carbocycles. The maximum atomic E-state index is 2.35. The smallest absolute Gasteiger partial charge is 0.173 e. The molecule has 0 aliphatic rings. The van der Waals surface area contributed by atoms with Crippen molar-refractivity contribution >= 4 is 107 Å². The van der Waals surface area contributed by atoms with E-state index in [0.29, 0.717) is 0 Å². The second-order valence-electron chi connectivity index (χ2n) is 32.1. The van der Waals surface area contributed by atoms with Crippen LogP contribution in [0.2, 0.25) is 0 Å². The average Bonchev–Trinajstić information content (AvgIpc) is 0.831. The lowest BCUT2D eigenvalue weighted by molar-refractivity contribution is -0.690. The van der Waals surface area contributed by atoms with Crippen LogP contribution in [0.4, 0.5) is 34.1 Å². The largest absolute Gasteiger partial charge is 1.00 e. The normalized spacial score (nSPS) is 11.0. The Bertz CT molecular complexity index is 4860. The maximum absolute atomic E-state index is 2.35. The summed E-state index contributed by atoms with van der Waals surface area (Å²) in [5.41, 5.74) is 29.0. The molecule has 0 aliphatic heterocycles. The van der Waals surface area contributed by atoms with E-state index in [2.05, 4.69) is 543 Å². The molecule has 0 saturated heterocycles. The topological polar surface area (TPSA) is 42.7 Å². The summed E-state index contributed by atoms with van der Waals surface area (Å²) in [5, 5.41) is 0. The molecule has 18 heteroatoms. The van der Waals surface area contributed by atoms with E-state index in [1.54, 1.807) is 0 Å². The molecule has 0 bridgehead atoms. The zero-order chi connectivity index (χ0) is 83.7. The second-order valence-corrected chi connectivity index (χ2v) is 32.1. The molecule has 12 nitrogen and oxygen atoms in total. The predicted octanol–water partition coefficient (Wildman–Crippen LogP) is 0.830. The summed E-state index contributed by atoms with van der Waals surface area (Å²) in [4.78, 5) is 12.7. The van der Waals surface area contributed by atoms with Crippen molar-refractivity contribution in [2.24, 2.45) is 0 Å². The fourth-order valence-corrected chi connectivity index (χ4v) is 14.1. The molecule has 0 saturated carbocycles. The Morgan fingerprint density at radius 2 is 0.246 bits per heavy atom. The fourth-order valence-electron chi connectivity index (χ4n) is 14.1. The van der Waals surface area contributed by atoms with Gasteiger partial charge >= 0.3 is 0 Å². The van der Waals surface area contributed by atoms with E-state index in [0.717, 1.165) is 39.3 Å². The minimum atomic E-state index is 0. The molecule has 6 aromatic heterocycles. The lowest BCUT2D eigenvalue weighted by Gasteiger charge is -2.11. The number of aromatic nitrogens is 6. The number of benzene rings is 8. The van der Waals surface area contributed by atoms with Gasteiger partial charge in [0, 0.05) is 225 Å². The van der Waals surface area contributed by atoms with Gasteiger partial charge in [-0.1, -0.05) is 146 Å². The van der Waals surface area contributed by atoms with Gasteiger partial charge in [0.05, 0.1) is 0 Å². The molecule has 0 aliphatic carbocycles. The van der Waals surface area contributed by atoms with Crippen molar-refractivity contribution in [1.29, 1.82) is 0 Å². The molecule has 0 fully saturated rings. The number of anilines is 6. The first kappa shape index (κ1) is 102. The van der Waals surface area contributed by atoms with Crippen LogP contribution in [0.5, 0.6) is 0 Å². The first-order valence-corrected chi connectivity index (χ1v) is 41.1. The summed E-state index contributed by atoms with van der Waals surface area (Å²) in [6.45, 7) is 4.69. The average molecular weight is 2060 g/mol. The Morgan fingerprint density at radius 1 is 0.151 bits per heavy atom. The van der Waals surface area contributed by atoms with Crippen molar-refractivity contribution in [3.05, 3.63) is 429 Å². The van der Waals surface area contributed by atoms with E-state index < -0.39 is 0 Å². The van der Waals surface area contributed by atoms with Crippen LogP contribution in [0, 0.1) is 0 Å². The number of hydrogen-bond acceptors (Lipinski definition) is 6. The SMILES string of the molecule is CN(C)c1ccc(/C=C/c2cc[n+](Cc3cc(C[n+]4ccc(/C=C/c5ccc(N(C)C)cc5)cc4)cc(C[n+]4ccc(/C=C/c5ccc(N(C)C)cc5)cc4)c3)cc2)cc1.CN(C)c1ccc(/C=C/c2cc[n+](Cc3cc(C[n+]4ccc(/C=C/c5ccc(N(C)C)cc5)cc4)cc(C[n+]4ccc(/C=C/c5ccc(N(C)C)cc5)cc4)c3)cc2)cc1.[Br-].[Br-].[Br-].[Br-].[Br-].[Br-]. The third-order valence-electron chi connectivity index (χ3n) is 21.2. The van der Waals surface area contributed by atoms with Crippen LogP contribution in [0.25, 0.3) is 72.9 Å². The van der Waals surface area contributed by atoms with Crippen LogP contribution < -0.4 is 159 Å². The molecule has 0 N–H and O–H groups in total. The number of rotatable bonds is 30. The molecule has 14 rings (SSSR count). The van der Waals surface area contributed by atoms with Gasteiger partial charge in [-0.15, -0.1) is 0 Å². The molecule has 0 unspecified atom stereocenters. The van der Waals surface area contributed by atoms with Gasteiger partial charge in [0.2, 0.25) is 0 Å². The van der Waals surface area contributed by atoms with E-state index in [4.69, 9.17) is 0 Å². The highest BCUT2D eigenvalue weighted by Gasteiger charge is 2.17. The third-order valence-corrected chi connectivity index (χ3v) is 21.2. The summed E-state index contributed by atoms with van der Waals surface area (Å²) >= 11 is 0. The lowest BCUT2D eigenvalue weighted by atomic mass is 10.0. The van der Waals surface area contributed by atoms with Crippen LogP contribution in [-0.4, -0.2) is 84.6 Å². The molecule has 0 spiro atoms. The summed E-state index contributed by atoms with van der Waals surface area (Å²) in [7, 11) is 24.8. The van der Waals surface area contributed by atoms with Crippen LogP contribution >= 0.6 is 0 Å². The van der Waals surface area contributed by atoms with E-state index >= 15 is 0 Å². The monoisotopic (exact) mass is 2050 g/mol. The first-order chi connectivity index (χ1) is 58.2. The van der Waals surface area contributed by atoms with Gasteiger partial charge in [-0.25, -0.2) is 27.4 Å². The van der Waals surface area contributed by atoms with Crippen LogP contribution in [0.15, 0.2) is 329 Å². The number of pyridine rings is 6. The Morgan fingerprint density at radius 3 is 0.341 bits per heavy atom. The molecule has 6 heterocycles. The van der Waals surface area contributed by atoms with Gasteiger partial charge in [-0.3, -0.25) is 0 Å². The molecular weight excluding hydrogens is 1940 g/mol. The van der Waals surface area contributed by atoms with E-state index in [1.165, 1.54) is 134 Å². The maximum Gasteiger partial charge on any atom is 0.173 e. The minimum absolute atomic E-state index is 0. The van der Waals surface area contributed by atoms with Gasteiger partial charge in [0.25, 0.3) is 0 Å². The van der Waals surface area contributed by atoms with Gasteiger partial charge in [-0.05, 0) is 176 Å². The standard InChI is InChI=1S/2C54H57N6.6BrH/c2*1-55(2)52-19-13-43(14-20-52)7-10-46-25-31-58(32-26-46)40-49-37-50(41-59-33-27-47(28-34-59)11-8-44-15-21-53(22-16-44)56(3)4)39-51(38-49)42-60-35-29-48(30-36-60)12-9-45-17-23-54(24-18-45)57(5)6;;;;;;/h2*7-39H,40-42H2,1-6H3;6*1H/q2*+3;;;;;;/p-6. The Labute approximate surface area is 811 Å². The minimum Gasteiger partial charge on any atom is -1.00 e. The summed E-state index contributed by atoms with van der Waals surface area (Å²) in [5.74, 6) is 0. The number of hydrogen-bond donors (Lipinski definition) is 0. The van der Waals surface area contributed by atoms with Gasteiger partial charge in [0.15, 0.2) is 114 Å². The van der Waals surface area contributed by atoms with Crippen molar-refractivity contribution in [1.82, 2.24) is 0 Å². The third kappa shape index (κ3) is 31.7. The number of nitrogens with zero attached hydrogens (tertiary/aromatic N) is 12. The molecule has 0 radical (unpaired) electrons. The Hall–Kier alpha value is -11.2. The molecular formula is C108H114Br6N12. The zero-order valence-electron chi connectivity index (χ0n) is 74.0. The van der Waals surface area contributed by atoms with Crippen LogP contribution in [-0.2, 0) is 39.3 Å². The highest BCUT2D eigenvalue weighted by Crippen LogP contribution is 2.23. The van der Waals surface area contributed by atoms with Crippen molar-refractivity contribution in [3.8, 4) is 0 Å². The highest BCUT2D eigenvalue weighted by molar-refractivity contribution is 5.75. The summed E-state index contributed by atoms with van der Waals surface area (Å²) in [6, 6.07) is 92.1. The van der Waals surface area contributed by atoms with Gasteiger partial charge in [0.1, 0.15) is 0 Å². The fraction of sp³-hybridized carbons (Fsp3) is 0.167. The predicted molar refractivity (Wildman–Crippen MR) is 506 cm³/mol. The van der Waals surface area contributed by atoms with Crippen molar-refractivity contribution in [3.63, 3.8) is 0 Å². The molecule has 126 heavy (non-hydrogen) atoms. The quantitative estimate of drug-likeness (QED) is 0.0624. The van der Waals surface area contributed by atoms with E-state index in [9.17, 15) is 0 Å². The van der Waals surface area contributed by atoms with Crippen molar-refractivity contribution < 1.29 is 129 Å². The van der Waals surface area contributed by atoms with Crippen LogP contribution in [0.1, 0.15) is 100 Å². The summed E-state index contributed by atoms with van der Waals surface area (Å²) in [6.07, 6.45) is 52.2. The van der Waals surface area contributed by atoms with Crippen LogP contribution in [0.3, 0.4) is 0 Å². The summed E-state index contributed by atoms with van der Waals surface area (Å²) < 4.78 is 13.6.